The van der Waals surface area contributed by atoms with E-state index in [0.717, 1.165) is 12.8 Å². The molecule has 2 fully saturated rings. The Kier molecular flexibility index (Phi) is 5.61. The zero-order chi connectivity index (χ0) is 16.1. The smallest absolute Gasteiger partial charge is 0.325 e. The summed E-state index contributed by atoms with van der Waals surface area (Å²) in [6.45, 7) is 1.89. The second-order valence-corrected chi connectivity index (χ2v) is 5.79. The molecular weight excluding hydrogens is 298 g/mol. The molecule has 1 aromatic carbocycles. The van der Waals surface area contributed by atoms with Crippen LogP contribution in [-0.4, -0.2) is 50.8 Å². The van der Waals surface area contributed by atoms with Gasteiger partial charge < -0.3 is 18.9 Å². The average molecular weight is 321 g/mol. The molecule has 0 amide bonds. The molecular formula is C17H23NO5. The number of rotatable bonds is 7. The van der Waals surface area contributed by atoms with E-state index < -0.39 is 6.04 Å². The SMILES string of the molecule is COC(=O)C1NCC2OC(CCCOCc3ccccc3)OC21. The van der Waals surface area contributed by atoms with Crippen LogP contribution >= 0.6 is 0 Å². The molecule has 6 nitrogen and oxygen atoms in total. The number of nitrogens with one attached hydrogen (secondary N) is 1. The van der Waals surface area contributed by atoms with Crippen LogP contribution in [0.1, 0.15) is 18.4 Å². The minimum atomic E-state index is -0.427. The lowest BCUT2D eigenvalue weighted by molar-refractivity contribution is -0.147. The van der Waals surface area contributed by atoms with Gasteiger partial charge in [-0.05, 0) is 12.0 Å². The van der Waals surface area contributed by atoms with Gasteiger partial charge in [0.25, 0.3) is 0 Å². The Bertz CT molecular complexity index is 509. The van der Waals surface area contributed by atoms with Crippen molar-refractivity contribution in [1.82, 2.24) is 5.32 Å². The number of methoxy groups -OCH3 is 1. The van der Waals surface area contributed by atoms with Gasteiger partial charge in [-0.1, -0.05) is 30.3 Å². The summed E-state index contributed by atoms with van der Waals surface area (Å²) in [7, 11) is 1.38. The van der Waals surface area contributed by atoms with Gasteiger partial charge in [-0.15, -0.1) is 0 Å². The highest BCUT2D eigenvalue weighted by Gasteiger charge is 2.48. The van der Waals surface area contributed by atoms with Gasteiger partial charge in [-0.2, -0.15) is 0 Å². The highest BCUT2D eigenvalue weighted by Crippen LogP contribution is 2.28. The molecule has 6 heteroatoms. The van der Waals surface area contributed by atoms with E-state index in [1.165, 1.54) is 12.7 Å². The average Bonchev–Trinajstić information content (AvgIpc) is 3.15. The fourth-order valence-corrected chi connectivity index (χ4v) is 2.98. The van der Waals surface area contributed by atoms with Gasteiger partial charge >= 0.3 is 5.97 Å². The van der Waals surface area contributed by atoms with E-state index in [4.69, 9.17) is 18.9 Å². The van der Waals surface area contributed by atoms with Crippen molar-refractivity contribution in [2.45, 2.75) is 44.0 Å². The lowest BCUT2D eigenvalue weighted by Gasteiger charge is -2.16. The number of carbonyl (C=O) groups is 1. The molecule has 0 aliphatic carbocycles. The molecule has 0 spiro atoms. The van der Waals surface area contributed by atoms with Gasteiger partial charge in [0.15, 0.2) is 6.29 Å². The summed E-state index contributed by atoms with van der Waals surface area (Å²) in [5, 5.41) is 3.08. The van der Waals surface area contributed by atoms with Crippen LogP contribution in [0.2, 0.25) is 0 Å². The summed E-state index contributed by atoms with van der Waals surface area (Å²) in [4.78, 5) is 11.7. The van der Waals surface area contributed by atoms with Crippen LogP contribution in [0.15, 0.2) is 30.3 Å². The molecule has 4 unspecified atom stereocenters. The zero-order valence-corrected chi connectivity index (χ0v) is 13.3. The van der Waals surface area contributed by atoms with E-state index in [0.29, 0.717) is 19.8 Å². The standard InChI is InChI=1S/C17H23NO5/c1-20-17(19)15-16-13(10-18-15)22-14(23-16)8-5-9-21-11-12-6-3-2-4-7-12/h2-4,6-7,13-16,18H,5,8-11H2,1H3. The van der Waals surface area contributed by atoms with Crippen LogP contribution in [0, 0.1) is 0 Å². The van der Waals surface area contributed by atoms with Crippen LogP contribution < -0.4 is 5.32 Å². The third-order valence-electron chi connectivity index (χ3n) is 4.16. The van der Waals surface area contributed by atoms with E-state index in [1.54, 1.807) is 0 Å². The van der Waals surface area contributed by atoms with Crippen LogP contribution in [0.4, 0.5) is 0 Å². The Morgan fingerprint density at radius 1 is 1.30 bits per heavy atom. The van der Waals surface area contributed by atoms with Crippen molar-refractivity contribution in [2.75, 3.05) is 20.3 Å². The monoisotopic (exact) mass is 321 g/mol. The molecule has 2 saturated heterocycles. The predicted molar refractivity (Wildman–Crippen MR) is 82.7 cm³/mol. The van der Waals surface area contributed by atoms with E-state index in [9.17, 15) is 4.79 Å². The molecule has 2 aliphatic rings. The van der Waals surface area contributed by atoms with Gasteiger partial charge in [-0.25, -0.2) is 0 Å². The van der Waals surface area contributed by atoms with Gasteiger partial charge in [0.1, 0.15) is 18.2 Å². The summed E-state index contributed by atoms with van der Waals surface area (Å²) in [5.41, 5.74) is 1.17. The maximum atomic E-state index is 11.7. The molecule has 2 aliphatic heterocycles. The molecule has 0 bridgehead atoms. The van der Waals surface area contributed by atoms with Crippen molar-refractivity contribution in [3.63, 3.8) is 0 Å². The molecule has 4 atom stereocenters. The number of benzene rings is 1. The zero-order valence-electron chi connectivity index (χ0n) is 13.3. The second kappa shape index (κ2) is 7.88. The minimum Gasteiger partial charge on any atom is -0.468 e. The van der Waals surface area contributed by atoms with Gasteiger partial charge in [0, 0.05) is 19.6 Å². The van der Waals surface area contributed by atoms with Crippen LogP contribution in [0.5, 0.6) is 0 Å². The van der Waals surface area contributed by atoms with Crippen LogP contribution in [-0.2, 0) is 30.3 Å². The summed E-state index contributed by atoms with van der Waals surface area (Å²) in [6.07, 6.45) is 1.02. The Morgan fingerprint density at radius 2 is 2.13 bits per heavy atom. The third kappa shape index (κ3) is 4.09. The number of esters is 1. The first-order chi connectivity index (χ1) is 11.3. The Hall–Kier alpha value is -1.47. The molecule has 23 heavy (non-hydrogen) atoms. The highest BCUT2D eigenvalue weighted by molar-refractivity contribution is 5.77. The Morgan fingerprint density at radius 3 is 2.91 bits per heavy atom. The summed E-state index contributed by atoms with van der Waals surface area (Å²) < 4.78 is 22.1. The molecule has 3 rings (SSSR count). The van der Waals surface area contributed by atoms with Crippen molar-refractivity contribution in [2.24, 2.45) is 0 Å². The van der Waals surface area contributed by atoms with E-state index in [2.05, 4.69) is 5.32 Å². The van der Waals surface area contributed by atoms with Gasteiger partial charge in [-0.3, -0.25) is 10.1 Å². The van der Waals surface area contributed by atoms with Crippen molar-refractivity contribution < 1.29 is 23.7 Å². The number of hydrogen-bond acceptors (Lipinski definition) is 6. The third-order valence-corrected chi connectivity index (χ3v) is 4.16. The molecule has 1 aromatic rings. The maximum Gasteiger partial charge on any atom is 0.325 e. The second-order valence-electron chi connectivity index (χ2n) is 5.79. The van der Waals surface area contributed by atoms with Crippen molar-refractivity contribution >= 4 is 5.97 Å². The lowest BCUT2D eigenvalue weighted by atomic mass is 10.1. The van der Waals surface area contributed by atoms with E-state index >= 15 is 0 Å². The predicted octanol–water partition coefficient (Wildman–Crippen LogP) is 1.24. The summed E-state index contributed by atoms with van der Waals surface area (Å²) in [6, 6.07) is 9.66. The number of hydrogen-bond donors (Lipinski definition) is 1. The highest BCUT2D eigenvalue weighted by atomic mass is 16.7. The maximum absolute atomic E-state index is 11.7. The molecule has 0 saturated carbocycles. The molecule has 0 aromatic heterocycles. The number of fused-ring (bicyclic) bond motifs is 1. The summed E-state index contributed by atoms with van der Waals surface area (Å²) in [5.74, 6) is -0.298. The topological polar surface area (TPSA) is 66.0 Å². The largest absolute Gasteiger partial charge is 0.468 e. The summed E-state index contributed by atoms with van der Waals surface area (Å²) >= 11 is 0. The van der Waals surface area contributed by atoms with Gasteiger partial charge in [0.05, 0.1) is 13.7 Å². The van der Waals surface area contributed by atoms with Crippen LogP contribution in [0.3, 0.4) is 0 Å². The van der Waals surface area contributed by atoms with Crippen molar-refractivity contribution in [3.05, 3.63) is 35.9 Å². The lowest BCUT2D eigenvalue weighted by Crippen LogP contribution is -2.41. The van der Waals surface area contributed by atoms with Crippen LogP contribution in [0.25, 0.3) is 0 Å². The van der Waals surface area contributed by atoms with E-state index in [-0.39, 0.29) is 24.5 Å². The van der Waals surface area contributed by atoms with Crippen molar-refractivity contribution in [1.29, 1.82) is 0 Å². The quantitative estimate of drug-likeness (QED) is 0.602. The molecule has 2 heterocycles. The fourth-order valence-electron chi connectivity index (χ4n) is 2.98. The minimum absolute atomic E-state index is 0.0747. The molecule has 0 radical (unpaired) electrons. The number of ether oxygens (including phenoxy) is 4. The number of carbonyl (C=O) groups excluding carboxylic acids is 1. The molecule has 126 valence electrons. The Labute approximate surface area is 136 Å². The van der Waals surface area contributed by atoms with E-state index in [1.807, 2.05) is 30.3 Å². The fraction of sp³-hybridized carbons (Fsp3) is 0.588. The van der Waals surface area contributed by atoms with Gasteiger partial charge in [0.2, 0.25) is 0 Å². The first-order valence-electron chi connectivity index (χ1n) is 8.01. The normalized spacial score (nSPS) is 29.4. The van der Waals surface area contributed by atoms with Crippen molar-refractivity contribution in [3.8, 4) is 0 Å². The first kappa shape index (κ1) is 16.4. The Balaban J connectivity index is 1.34. The molecule has 1 N–H and O–H groups in total. The first-order valence-corrected chi connectivity index (χ1v) is 8.01.